The highest BCUT2D eigenvalue weighted by molar-refractivity contribution is 6.06. The number of carbonyl (C=O) groups excluding carboxylic acids is 1. The molecule has 0 spiro atoms. The van der Waals surface area contributed by atoms with E-state index in [1.807, 2.05) is 13.0 Å². The minimum absolute atomic E-state index is 0.122. The molecule has 0 radical (unpaired) electrons. The molecule has 0 aliphatic heterocycles. The summed E-state index contributed by atoms with van der Waals surface area (Å²) in [5, 5.41) is 0. The van der Waals surface area contributed by atoms with Crippen molar-refractivity contribution in [3.63, 3.8) is 0 Å². The molecule has 4 heteroatoms. The van der Waals surface area contributed by atoms with Crippen LogP contribution in [0.15, 0.2) is 30.7 Å². The smallest absolute Gasteiger partial charge is 0.229 e. The number of rotatable bonds is 3. The van der Waals surface area contributed by atoms with Crippen LogP contribution in [-0.4, -0.2) is 20.7 Å². The van der Waals surface area contributed by atoms with E-state index in [1.54, 1.807) is 12.3 Å². The molecule has 4 nitrogen and oxygen atoms in total. The zero-order valence-electron chi connectivity index (χ0n) is 8.40. The summed E-state index contributed by atoms with van der Waals surface area (Å²) in [7, 11) is 0. The van der Waals surface area contributed by atoms with Crippen molar-refractivity contribution in [1.29, 1.82) is 0 Å². The van der Waals surface area contributed by atoms with E-state index in [4.69, 9.17) is 0 Å². The van der Waals surface area contributed by atoms with Crippen molar-refractivity contribution < 1.29 is 4.79 Å². The Morgan fingerprint density at radius 2 is 2.27 bits per heavy atom. The molecule has 0 atom stereocenters. The lowest BCUT2D eigenvalue weighted by Crippen LogP contribution is -2.04. The molecule has 0 saturated carbocycles. The maximum atomic E-state index is 11.8. The number of nitrogens with one attached hydrogen (secondary N) is 1. The van der Waals surface area contributed by atoms with Gasteiger partial charge < -0.3 is 4.98 Å². The molecule has 1 N–H and O–H groups in total. The molecule has 0 amide bonds. The molecule has 0 bridgehead atoms. The van der Waals surface area contributed by atoms with Gasteiger partial charge in [-0.3, -0.25) is 9.78 Å². The number of H-pyrrole nitrogens is 1. The number of aromatic amines is 1. The Bertz CT molecular complexity index is 462. The van der Waals surface area contributed by atoms with E-state index >= 15 is 0 Å². The number of carbonyl (C=O) groups is 1. The van der Waals surface area contributed by atoms with Gasteiger partial charge in [0.05, 0.1) is 11.9 Å². The average molecular weight is 201 g/mol. The zero-order chi connectivity index (χ0) is 10.7. The van der Waals surface area contributed by atoms with Crippen LogP contribution in [0.3, 0.4) is 0 Å². The molecule has 0 saturated heterocycles. The van der Waals surface area contributed by atoms with Crippen LogP contribution in [-0.2, 0) is 6.42 Å². The van der Waals surface area contributed by atoms with Crippen molar-refractivity contribution in [1.82, 2.24) is 15.0 Å². The van der Waals surface area contributed by atoms with Crippen molar-refractivity contribution in [3.8, 4) is 0 Å². The van der Waals surface area contributed by atoms with Gasteiger partial charge in [-0.05, 0) is 18.6 Å². The maximum Gasteiger partial charge on any atom is 0.229 e. The van der Waals surface area contributed by atoms with Gasteiger partial charge in [-0.2, -0.15) is 0 Å². The van der Waals surface area contributed by atoms with Gasteiger partial charge in [0.25, 0.3) is 0 Å². The molecule has 0 aromatic carbocycles. The van der Waals surface area contributed by atoms with E-state index in [1.165, 1.54) is 12.4 Å². The van der Waals surface area contributed by atoms with Crippen molar-refractivity contribution in [3.05, 3.63) is 47.8 Å². The zero-order valence-corrected chi connectivity index (χ0v) is 8.40. The number of nitrogens with zero attached hydrogens (tertiary/aromatic N) is 2. The fourth-order valence-corrected chi connectivity index (χ4v) is 1.33. The molecule has 2 aromatic heterocycles. The quantitative estimate of drug-likeness (QED) is 0.767. The largest absolute Gasteiger partial charge is 0.356 e. The van der Waals surface area contributed by atoms with Crippen LogP contribution in [0.2, 0.25) is 0 Å². The third-order valence-electron chi connectivity index (χ3n) is 2.17. The van der Waals surface area contributed by atoms with Gasteiger partial charge in [0.1, 0.15) is 5.69 Å². The second-order valence-electron chi connectivity index (χ2n) is 3.17. The number of ketones is 1. The lowest BCUT2D eigenvalue weighted by Gasteiger charge is -1.96. The van der Waals surface area contributed by atoms with E-state index in [0.29, 0.717) is 11.4 Å². The van der Waals surface area contributed by atoms with Gasteiger partial charge in [0, 0.05) is 18.1 Å². The molecule has 0 aliphatic rings. The van der Waals surface area contributed by atoms with Gasteiger partial charge in [0.15, 0.2) is 0 Å². The van der Waals surface area contributed by atoms with Crippen LogP contribution in [0.25, 0.3) is 0 Å². The number of hydrogen-bond acceptors (Lipinski definition) is 3. The second-order valence-corrected chi connectivity index (χ2v) is 3.17. The highest BCUT2D eigenvalue weighted by Gasteiger charge is 2.11. The summed E-state index contributed by atoms with van der Waals surface area (Å²) < 4.78 is 0. The molecular formula is C11H11N3O. The van der Waals surface area contributed by atoms with Crippen LogP contribution in [0, 0.1) is 0 Å². The Morgan fingerprint density at radius 3 is 2.87 bits per heavy atom. The molecule has 0 aliphatic carbocycles. The summed E-state index contributed by atoms with van der Waals surface area (Å²) in [6.45, 7) is 2.03. The highest BCUT2D eigenvalue weighted by atomic mass is 16.1. The predicted octanol–water partition coefficient (Wildman–Crippen LogP) is 1.60. The lowest BCUT2D eigenvalue weighted by molar-refractivity contribution is 0.103. The summed E-state index contributed by atoms with van der Waals surface area (Å²) in [6, 6.07) is 3.68. The van der Waals surface area contributed by atoms with E-state index in [0.717, 1.165) is 12.1 Å². The fraction of sp³-hybridized carbons (Fsp3) is 0.182. The number of aromatic nitrogens is 3. The van der Waals surface area contributed by atoms with Crippen LogP contribution in [0.5, 0.6) is 0 Å². The Morgan fingerprint density at radius 1 is 1.40 bits per heavy atom. The van der Waals surface area contributed by atoms with E-state index in [9.17, 15) is 4.79 Å². The number of hydrogen-bond donors (Lipinski definition) is 1. The van der Waals surface area contributed by atoms with Gasteiger partial charge in [-0.15, -0.1) is 0 Å². The van der Waals surface area contributed by atoms with Gasteiger partial charge in [0.2, 0.25) is 5.78 Å². The third kappa shape index (κ3) is 1.93. The van der Waals surface area contributed by atoms with Crippen LogP contribution in [0.4, 0.5) is 0 Å². The van der Waals surface area contributed by atoms with Gasteiger partial charge >= 0.3 is 0 Å². The van der Waals surface area contributed by atoms with Crippen LogP contribution in [0.1, 0.15) is 28.8 Å². The van der Waals surface area contributed by atoms with Gasteiger partial charge in [-0.1, -0.05) is 6.92 Å². The molecular weight excluding hydrogens is 190 g/mol. The monoisotopic (exact) mass is 201 g/mol. The first-order valence-electron chi connectivity index (χ1n) is 4.80. The molecule has 15 heavy (non-hydrogen) atoms. The molecule has 0 fully saturated rings. The van der Waals surface area contributed by atoms with E-state index in [2.05, 4.69) is 15.0 Å². The summed E-state index contributed by atoms with van der Waals surface area (Å²) in [5.74, 6) is -0.122. The predicted molar refractivity (Wildman–Crippen MR) is 55.6 cm³/mol. The fourth-order valence-electron chi connectivity index (χ4n) is 1.33. The molecule has 2 rings (SSSR count). The topological polar surface area (TPSA) is 58.6 Å². The third-order valence-corrected chi connectivity index (χ3v) is 2.17. The highest BCUT2D eigenvalue weighted by Crippen LogP contribution is 2.07. The Kier molecular flexibility index (Phi) is 2.58. The first-order chi connectivity index (χ1) is 7.31. The molecule has 2 heterocycles. The Labute approximate surface area is 87.4 Å². The SMILES string of the molecule is CCc1ccc(C(=O)c2cnccn2)[nH]1. The van der Waals surface area contributed by atoms with Crippen molar-refractivity contribution in [2.45, 2.75) is 13.3 Å². The van der Waals surface area contributed by atoms with Crippen molar-refractivity contribution in [2.24, 2.45) is 0 Å². The van der Waals surface area contributed by atoms with E-state index < -0.39 is 0 Å². The average Bonchev–Trinajstić information content (AvgIpc) is 2.78. The lowest BCUT2D eigenvalue weighted by atomic mass is 10.2. The minimum atomic E-state index is -0.122. The van der Waals surface area contributed by atoms with Gasteiger partial charge in [-0.25, -0.2) is 4.98 Å². The normalized spacial score (nSPS) is 10.2. The summed E-state index contributed by atoms with van der Waals surface area (Å²) in [5.41, 5.74) is 1.97. The molecule has 2 aromatic rings. The first kappa shape index (κ1) is 9.58. The van der Waals surface area contributed by atoms with Crippen LogP contribution < -0.4 is 0 Å². The van der Waals surface area contributed by atoms with Crippen molar-refractivity contribution in [2.75, 3.05) is 0 Å². The Hall–Kier alpha value is -1.97. The van der Waals surface area contributed by atoms with E-state index in [-0.39, 0.29) is 5.78 Å². The maximum absolute atomic E-state index is 11.8. The van der Waals surface area contributed by atoms with Crippen LogP contribution >= 0.6 is 0 Å². The second kappa shape index (κ2) is 4.04. The minimum Gasteiger partial charge on any atom is -0.356 e. The summed E-state index contributed by atoms with van der Waals surface area (Å²) in [6.07, 6.45) is 5.41. The molecule has 0 unspecified atom stereocenters. The first-order valence-corrected chi connectivity index (χ1v) is 4.80. The molecule has 76 valence electrons. The standard InChI is InChI=1S/C11H11N3O/c1-2-8-3-4-9(14-8)11(15)10-7-12-5-6-13-10/h3-7,14H,2H2,1H3. The number of aryl methyl sites for hydroxylation is 1. The Balaban J connectivity index is 2.29. The summed E-state index contributed by atoms with van der Waals surface area (Å²) in [4.78, 5) is 22.7. The summed E-state index contributed by atoms with van der Waals surface area (Å²) >= 11 is 0. The van der Waals surface area contributed by atoms with Crippen molar-refractivity contribution >= 4 is 5.78 Å².